The second-order valence-corrected chi connectivity index (χ2v) is 6.36. The maximum atomic E-state index is 11.0. The van der Waals surface area contributed by atoms with Crippen molar-refractivity contribution in [1.29, 1.82) is 0 Å². The normalized spacial score (nSPS) is 33.0. The van der Waals surface area contributed by atoms with Gasteiger partial charge in [-0.25, -0.2) is 0 Å². The minimum Gasteiger partial charge on any atom is -0.384 e. The van der Waals surface area contributed by atoms with Crippen LogP contribution in [0.1, 0.15) is 42.9 Å². The van der Waals surface area contributed by atoms with Gasteiger partial charge in [-0.05, 0) is 45.6 Å². The van der Waals surface area contributed by atoms with Gasteiger partial charge in [0.1, 0.15) is 5.60 Å². The average molecular weight is 245 g/mol. The third kappa shape index (κ3) is 2.08. The van der Waals surface area contributed by atoms with Crippen LogP contribution in [-0.2, 0) is 5.60 Å². The highest BCUT2D eigenvalue weighted by Gasteiger charge is 2.46. The van der Waals surface area contributed by atoms with Crippen LogP contribution in [0.2, 0.25) is 0 Å². The van der Waals surface area contributed by atoms with Crippen LogP contribution in [0.5, 0.6) is 0 Å². The molecule has 1 heterocycles. The lowest BCUT2D eigenvalue weighted by atomic mass is 9.89. The molecule has 2 nitrogen and oxygen atoms in total. The molecule has 1 saturated carbocycles. The summed E-state index contributed by atoms with van der Waals surface area (Å²) >= 11 is 0. The Balaban J connectivity index is 1.90. The number of hydrogen-bond donors (Lipinski definition) is 1. The molecule has 18 heavy (non-hydrogen) atoms. The highest BCUT2D eigenvalue weighted by Crippen LogP contribution is 2.42. The van der Waals surface area contributed by atoms with E-state index >= 15 is 0 Å². The van der Waals surface area contributed by atoms with E-state index in [1.807, 2.05) is 0 Å². The Hall–Kier alpha value is -0.860. The molecule has 2 fully saturated rings. The first-order chi connectivity index (χ1) is 8.48. The maximum Gasteiger partial charge on any atom is 0.104 e. The Morgan fingerprint density at radius 3 is 2.33 bits per heavy atom. The predicted octanol–water partition coefficient (Wildman–Crippen LogP) is 2.75. The molecule has 2 heteroatoms. The van der Waals surface area contributed by atoms with Gasteiger partial charge in [-0.3, -0.25) is 4.90 Å². The summed E-state index contributed by atoms with van der Waals surface area (Å²) in [4.78, 5) is 2.50. The maximum absolute atomic E-state index is 11.0. The van der Waals surface area contributed by atoms with Crippen molar-refractivity contribution < 1.29 is 5.11 Å². The standard InChI is InChI=1S/C16H23NO/c1-11-6-12(2)8-14(7-11)16(18)9-13(3)17(10-16)15-4-5-15/h6-8,13,15,18H,4-5,9-10H2,1-3H3. The average Bonchev–Trinajstić information content (AvgIpc) is 3.04. The summed E-state index contributed by atoms with van der Waals surface area (Å²) in [5.74, 6) is 0. The van der Waals surface area contributed by atoms with Crippen LogP contribution in [0.4, 0.5) is 0 Å². The largest absolute Gasteiger partial charge is 0.384 e. The Bertz CT molecular complexity index is 446. The summed E-state index contributed by atoms with van der Waals surface area (Å²) in [6.07, 6.45) is 3.49. The Kier molecular flexibility index (Phi) is 2.76. The number of aryl methyl sites for hydroxylation is 2. The van der Waals surface area contributed by atoms with Crippen LogP contribution in [0.25, 0.3) is 0 Å². The zero-order chi connectivity index (χ0) is 12.9. The molecule has 1 aliphatic carbocycles. The van der Waals surface area contributed by atoms with E-state index in [4.69, 9.17) is 0 Å². The van der Waals surface area contributed by atoms with Crippen molar-refractivity contribution in [2.24, 2.45) is 0 Å². The molecule has 2 atom stereocenters. The molecule has 98 valence electrons. The monoisotopic (exact) mass is 245 g/mol. The van der Waals surface area contributed by atoms with Gasteiger partial charge in [0, 0.05) is 18.6 Å². The number of aliphatic hydroxyl groups is 1. The summed E-state index contributed by atoms with van der Waals surface area (Å²) in [6, 6.07) is 7.71. The van der Waals surface area contributed by atoms with Gasteiger partial charge in [-0.15, -0.1) is 0 Å². The molecule has 0 amide bonds. The van der Waals surface area contributed by atoms with Crippen molar-refractivity contribution in [3.05, 3.63) is 34.9 Å². The van der Waals surface area contributed by atoms with Gasteiger partial charge in [-0.2, -0.15) is 0 Å². The lowest BCUT2D eigenvalue weighted by Gasteiger charge is -2.25. The third-order valence-electron chi connectivity index (χ3n) is 4.42. The Morgan fingerprint density at radius 2 is 1.78 bits per heavy atom. The van der Waals surface area contributed by atoms with Crippen molar-refractivity contribution in [3.63, 3.8) is 0 Å². The zero-order valence-corrected chi connectivity index (χ0v) is 11.6. The van der Waals surface area contributed by atoms with Crippen LogP contribution in [0.3, 0.4) is 0 Å². The molecule has 2 unspecified atom stereocenters. The van der Waals surface area contributed by atoms with Gasteiger partial charge in [0.25, 0.3) is 0 Å². The van der Waals surface area contributed by atoms with Crippen LogP contribution >= 0.6 is 0 Å². The summed E-state index contributed by atoms with van der Waals surface area (Å²) < 4.78 is 0. The number of benzene rings is 1. The smallest absolute Gasteiger partial charge is 0.104 e. The first-order valence-corrected chi connectivity index (χ1v) is 7.05. The third-order valence-corrected chi connectivity index (χ3v) is 4.42. The lowest BCUT2D eigenvalue weighted by Crippen LogP contribution is -2.33. The second-order valence-electron chi connectivity index (χ2n) is 6.36. The van der Waals surface area contributed by atoms with E-state index in [9.17, 15) is 5.11 Å². The highest BCUT2D eigenvalue weighted by atomic mass is 16.3. The minimum absolute atomic E-state index is 0.503. The van der Waals surface area contributed by atoms with Crippen molar-refractivity contribution in [3.8, 4) is 0 Å². The molecular weight excluding hydrogens is 222 g/mol. The SMILES string of the molecule is Cc1cc(C)cc(C2(O)CC(C)N(C3CC3)C2)c1. The molecule has 0 spiro atoms. The Labute approximate surface area is 110 Å². The number of hydrogen-bond acceptors (Lipinski definition) is 2. The van der Waals surface area contributed by atoms with Crippen molar-refractivity contribution >= 4 is 0 Å². The summed E-state index contributed by atoms with van der Waals surface area (Å²) in [5, 5.41) is 11.0. The molecule has 0 radical (unpaired) electrons. The van der Waals surface area contributed by atoms with E-state index in [2.05, 4.69) is 43.9 Å². The van der Waals surface area contributed by atoms with Crippen LogP contribution < -0.4 is 0 Å². The van der Waals surface area contributed by atoms with Gasteiger partial charge >= 0.3 is 0 Å². The quantitative estimate of drug-likeness (QED) is 0.866. The predicted molar refractivity (Wildman–Crippen MR) is 73.6 cm³/mol. The summed E-state index contributed by atoms with van der Waals surface area (Å²) in [7, 11) is 0. The number of β-amino-alcohol motifs (C(OH)–C–C–N with tert-alkyl or cyclic N) is 1. The molecular formula is C16H23NO. The van der Waals surface area contributed by atoms with E-state index in [1.54, 1.807) is 0 Å². The minimum atomic E-state index is -0.640. The fourth-order valence-corrected chi connectivity index (χ4v) is 3.48. The molecule has 1 aliphatic heterocycles. The molecule has 0 bridgehead atoms. The van der Waals surface area contributed by atoms with Gasteiger partial charge in [0.15, 0.2) is 0 Å². The van der Waals surface area contributed by atoms with Crippen LogP contribution in [-0.4, -0.2) is 28.6 Å². The molecule has 3 rings (SSSR count). The van der Waals surface area contributed by atoms with E-state index < -0.39 is 5.60 Å². The van der Waals surface area contributed by atoms with E-state index in [0.717, 1.165) is 24.6 Å². The second kappa shape index (κ2) is 4.07. The first kappa shape index (κ1) is 12.2. The number of nitrogens with zero attached hydrogens (tertiary/aromatic N) is 1. The first-order valence-electron chi connectivity index (χ1n) is 7.05. The van der Waals surface area contributed by atoms with Crippen LogP contribution in [0, 0.1) is 13.8 Å². The van der Waals surface area contributed by atoms with Crippen LogP contribution in [0.15, 0.2) is 18.2 Å². The summed E-state index contributed by atoms with van der Waals surface area (Å²) in [5.41, 5.74) is 2.96. The van der Waals surface area contributed by atoms with E-state index in [1.165, 1.54) is 24.0 Å². The zero-order valence-electron chi connectivity index (χ0n) is 11.6. The fourth-order valence-electron chi connectivity index (χ4n) is 3.48. The fraction of sp³-hybridized carbons (Fsp3) is 0.625. The van der Waals surface area contributed by atoms with E-state index in [0.29, 0.717) is 6.04 Å². The molecule has 0 aromatic heterocycles. The molecule has 2 aliphatic rings. The summed E-state index contributed by atoms with van der Waals surface area (Å²) in [6.45, 7) is 7.27. The molecule has 1 saturated heterocycles. The topological polar surface area (TPSA) is 23.5 Å². The van der Waals surface area contributed by atoms with Gasteiger partial charge in [0.05, 0.1) is 0 Å². The number of likely N-dealkylation sites (tertiary alicyclic amines) is 1. The molecule has 1 aromatic carbocycles. The lowest BCUT2D eigenvalue weighted by molar-refractivity contribution is 0.0450. The van der Waals surface area contributed by atoms with Crippen molar-refractivity contribution in [1.82, 2.24) is 4.90 Å². The molecule has 1 N–H and O–H groups in total. The van der Waals surface area contributed by atoms with Gasteiger partial charge in [-0.1, -0.05) is 29.3 Å². The van der Waals surface area contributed by atoms with Gasteiger partial charge < -0.3 is 5.11 Å². The van der Waals surface area contributed by atoms with Gasteiger partial charge in [0.2, 0.25) is 0 Å². The molecule has 1 aromatic rings. The Morgan fingerprint density at radius 1 is 1.17 bits per heavy atom. The van der Waals surface area contributed by atoms with Crippen molar-refractivity contribution in [2.75, 3.05) is 6.54 Å². The number of rotatable bonds is 2. The van der Waals surface area contributed by atoms with Crippen molar-refractivity contribution in [2.45, 2.75) is 57.7 Å². The van der Waals surface area contributed by atoms with E-state index in [-0.39, 0.29) is 0 Å². The highest BCUT2D eigenvalue weighted by molar-refractivity contribution is 5.34.